The third-order valence-electron chi connectivity index (χ3n) is 2.52. The predicted molar refractivity (Wildman–Crippen MR) is 64.3 cm³/mol. The molecular weight excluding hydrogens is 216 g/mol. The summed E-state index contributed by atoms with van der Waals surface area (Å²) in [6, 6.07) is 7.48. The zero-order chi connectivity index (χ0) is 12.1. The van der Waals surface area contributed by atoms with Crippen LogP contribution >= 0.6 is 0 Å². The van der Waals surface area contributed by atoms with Crippen LogP contribution in [0.4, 0.5) is 0 Å². The van der Waals surface area contributed by atoms with Gasteiger partial charge in [-0.25, -0.2) is 0 Å². The summed E-state index contributed by atoms with van der Waals surface area (Å²) < 4.78 is 5.42. The van der Waals surface area contributed by atoms with Gasteiger partial charge in [0.15, 0.2) is 0 Å². The smallest absolute Gasteiger partial charge is 0.117 e. The molecule has 2 aromatic heterocycles. The lowest BCUT2D eigenvalue weighted by Gasteiger charge is -2.10. The average molecular weight is 232 g/mol. The fourth-order valence-electron chi connectivity index (χ4n) is 1.62. The van der Waals surface area contributed by atoms with E-state index in [1.807, 2.05) is 31.2 Å². The van der Waals surface area contributed by atoms with Crippen molar-refractivity contribution in [2.75, 3.05) is 6.54 Å². The zero-order valence-corrected chi connectivity index (χ0v) is 9.76. The lowest BCUT2D eigenvalue weighted by Crippen LogP contribution is -2.20. The van der Waals surface area contributed by atoms with Gasteiger partial charge in [0.05, 0.1) is 12.6 Å². The molecule has 4 nitrogen and oxygen atoms in total. The van der Waals surface area contributed by atoms with E-state index in [0.29, 0.717) is 13.1 Å². The second-order valence-corrected chi connectivity index (χ2v) is 3.94. The molecule has 2 heterocycles. The van der Waals surface area contributed by atoms with Gasteiger partial charge >= 0.3 is 0 Å². The molecule has 17 heavy (non-hydrogen) atoms. The summed E-state index contributed by atoms with van der Waals surface area (Å²) in [5.74, 6) is 1.78. The summed E-state index contributed by atoms with van der Waals surface area (Å²) in [4.78, 5) is 3.91. The van der Waals surface area contributed by atoms with E-state index in [-0.39, 0.29) is 0 Å². The third kappa shape index (κ3) is 3.41. The molecule has 0 saturated carbocycles. The molecule has 2 aromatic rings. The molecule has 2 rings (SSSR count). The molecule has 0 saturated heterocycles. The van der Waals surface area contributed by atoms with Gasteiger partial charge in [0.1, 0.15) is 11.5 Å². The van der Waals surface area contributed by atoms with Gasteiger partial charge in [0.2, 0.25) is 0 Å². The molecule has 90 valence electrons. The van der Waals surface area contributed by atoms with E-state index in [4.69, 9.17) is 4.42 Å². The molecule has 0 aliphatic heterocycles. The van der Waals surface area contributed by atoms with Crippen molar-refractivity contribution in [2.45, 2.75) is 19.6 Å². The van der Waals surface area contributed by atoms with Gasteiger partial charge in [-0.1, -0.05) is 0 Å². The van der Waals surface area contributed by atoms with Gasteiger partial charge in [0, 0.05) is 18.9 Å². The Kier molecular flexibility index (Phi) is 3.90. The Morgan fingerprint density at radius 2 is 2.06 bits per heavy atom. The predicted octanol–water partition coefficient (Wildman–Crippen LogP) is 1.81. The van der Waals surface area contributed by atoms with Crippen LogP contribution in [-0.2, 0) is 6.54 Å². The first kappa shape index (κ1) is 11.8. The molecule has 0 aliphatic rings. The van der Waals surface area contributed by atoms with Crippen molar-refractivity contribution in [3.63, 3.8) is 0 Å². The summed E-state index contributed by atoms with van der Waals surface area (Å²) in [5, 5.41) is 13.0. The minimum Gasteiger partial charge on any atom is -0.465 e. The van der Waals surface area contributed by atoms with E-state index in [1.165, 1.54) is 0 Å². The number of hydrogen-bond acceptors (Lipinski definition) is 4. The van der Waals surface area contributed by atoms with E-state index >= 15 is 0 Å². The number of aryl methyl sites for hydroxylation is 1. The third-order valence-corrected chi connectivity index (χ3v) is 2.52. The maximum Gasteiger partial charge on any atom is 0.117 e. The largest absolute Gasteiger partial charge is 0.465 e. The van der Waals surface area contributed by atoms with Crippen LogP contribution in [0.25, 0.3) is 0 Å². The molecular formula is C13H16N2O2. The lowest BCUT2D eigenvalue weighted by atomic mass is 10.1. The molecule has 0 spiro atoms. The Bertz CT molecular complexity index is 453. The van der Waals surface area contributed by atoms with E-state index in [9.17, 15) is 5.11 Å². The maximum absolute atomic E-state index is 9.88. The molecule has 0 fully saturated rings. The average Bonchev–Trinajstić information content (AvgIpc) is 2.76. The summed E-state index contributed by atoms with van der Waals surface area (Å²) in [6.07, 6.45) is 2.83. The maximum atomic E-state index is 9.88. The minimum atomic E-state index is -0.519. The molecule has 2 N–H and O–H groups in total. The van der Waals surface area contributed by atoms with Gasteiger partial charge in [0.25, 0.3) is 0 Å². The van der Waals surface area contributed by atoms with Crippen molar-refractivity contribution in [2.24, 2.45) is 0 Å². The first-order valence-electron chi connectivity index (χ1n) is 5.60. The van der Waals surface area contributed by atoms with Crippen molar-refractivity contribution >= 4 is 0 Å². The SMILES string of the molecule is Cc1ccc(CNCC(O)c2ccncc2)o1. The number of aliphatic hydroxyl groups is 1. The standard InChI is InChI=1S/C13H16N2O2/c1-10-2-3-12(17-10)8-15-9-13(16)11-4-6-14-7-5-11/h2-7,13,15-16H,8-9H2,1H3. The van der Waals surface area contributed by atoms with E-state index < -0.39 is 6.10 Å². The first-order valence-corrected chi connectivity index (χ1v) is 5.60. The van der Waals surface area contributed by atoms with Gasteiger partial charge in [-0.2, -0.15) is 0 Å². The molecule has 0 aliphatic carbocycles. The fourth-order valence-corrected chi connectivity index (χ4v) is 1.62. The van der Waals surface area contributed by atoms with Crippen LogP contribution in [0.15, 0.2) is 41.1 Å². The van der Waals surface area contributed by atoms with Crippen LogP contribution in [0.1, 0.15) is 23.2 Å². The van der Waals surface area contributed by atoms with Crippen LogP contribution in [0.2, 0.25) is 0 Å². The highest BCUT2D eigenvalue weighted by Gasteiger charge is 2.06. The number of hydrogen-bond donors (Lipinski definition) is 2. The minimum absolute atomic E-state index is 0.490. The van der Waals surface area contributed by atoms with E-state index in [0.717, 1.165) is 17.1 Å². The quantitative estimate of drug-likeness (QED) is 0.825. The van der Waals surface area contributed by atoms with Crippen molar-refractivity contribution in [3.05, 3.63) is 53.7 Å². The second kappa shape index (κ2) is 5.61. The second-order valence-electron chi connectivity index (χ2n) is 3.94. The fraction of sp³-hybridized carbons (Fsp3) is 0.308. The zero-order valence-electron chi connectivity index (χ0n) is 9.76. The summed E-state index contributed by atoms with van der Waals surface area (Å²) >= 11 is 0. The molecule has 0 bridgehead atoms. The Morgan fingerprint density at radius 1 is 1.29 bits per heavy atom. The summed E-state index contributed by atoms with van der Waals surface area (Å²) in [5.41, 5.74) is 0.864. The monoisotopic (exact) mass is 232 g/mol. The van der Waals surface area contributed by atoms with Gasteiger partial charge in [-0.05, 0) is 36.8 Å². The number of aromatic nitrogens is 1. The van der Waals surface area contributed by atoms with E-state index in [2.05, 4.69) is 10.3 Å². The summed E-state index contributed by atoms with van der Waals surface area (Å²) in [6.45, 7) is 3.02. The molecule has 0 aromatic carbocycles. The van der Waals surface area contributed by atoms with Crippen molar-refractivity contribution in [1.29, 1.82) is 0 Å². The number of nitrogens with zero attached hydrogens (tertiary/aromatic N) is 1. The highest BCUT2D eigenvalue weighted by Crippen LogP contribution is 2.10. The Morgan fingerprint density at radius 3 is 2.71 bits per heavy atom. The van der Waals surface area contributed by atoms with Gasteiger partial charge in [-0.15, -0.1) is 0 Å². The molecule has 1 unspecified atom stereocenters. The highest BCUT2D eigenvalue weighted by atomic mass is 16.3. The number of nitrogens with one attached hydrogen (secondary N) is 1. The molecule has 1 atom stereocenters. The first-order chi connectivity index (χ1) is 8.25. The van der Waals surface area contributed by atoms with Crippen molar-refractivity contribution in [1.82, 2.24) is 10.3 Å². The molecule has 4 heteroatoms. The van der Waals surface area contributed by atoms with Crippen LogP contribution in [0.3, 0.4) is 0 Å². The molecule has 0 amide bonds. The number of aliphatic hydroxyl groups excluding tert-OH is 1. The number of furan rings is 1. The Hall–Kier alpha value is -1.65. The topological polar surface area (TPSA) is 58.3 Å². The van der Waals surface area contributed by atoms with Gasteiger partial charge in [-0.3, -0.25) is 4.98 Å². The van der Waals surface area contributed by atoms with E-state index in [1.54, 1.807) is 12.4 Å². The van der Waals surface area contributed by atoms with Crippen LogP contribution < -0.4 is 5.32 Å². The lowest BCUT2D eigenvalue weighted by molar-refractivity contribution is 0.173. The highest BCUT2D eigenvalue weighted by molar-refractivity contribution is 5.13. The van der Waals surface area contributed by atoms with Crippen LogP contribution in [-0.4, -0.2) is 16.6 Å². The normalized spacial score (nSPS) is 12.6. The van der Waals surface area contributed by atoms with Crippen LogP contribution in [0.5, 0.6) is 0 Å². The van der Waals surface area contributed by atoms with Crippen LogP contribution in [0, 0.1) is 6.92 Å². The number of rotatable bonds is 5. The van der Waals surface area contributed by atoms with Crippen molar-refractivity contribution in [3.8, 4) is 0 Å². The van der Waals surface area contributed by atoms with Gasteiger partial charge < -0.3 is 14.8 Å². The Labute approximate surface area is 100 Å². The van der Waals surface area contributed by atoms with Crippen molar-refractivity contribution < 1.29 is 9.52 Å². The number of pyridine rings is 1. The Balaban J connectivity index is 1.79. The molecule has 0 radical (unpaired) electrons. The summed E-state index contributed by atoms with van der Waals surface area (Å²) in [7, 11) is 0.